The first-order valence-corrected chi connectivity index (χ1v) is 7.18. The van der Waals surface area contributed by atoms with Gasteiger partial charge in [0.1, 0.15) is 0 Å². The number of thiocarbonyl (C=S) groups is 1. The maximum atomic E-state index is 12.0. The van der Waals surface area contributed by atoms with Gasteiger partial charge in [-0.3, -0.25) is 4.79 Å². The third-order valence-electron chi connectivity index (χ3n) is 3.11. The quantitative estimate of drug-likeness (QED) is 0.753. The van der Waals surface area contributed by atoms with Crippen molar-refractivity contribution < 1.29 is 4.79 Å². The van der Waals surface area contributed by atoms with E-state index in [-0.39, 0.29) is 10.9 Å². The Morgan fingerprint density at radius 2 is 1.95 bits per heavy atom. The molecule has 1 unspecified atom stereocenters. The van der Waals surface area contributed by atoms with Gasteiger partial charge in [-0.2, -0.15) is 0 Å². The molecule has 1 rings (SSSR count). The van der Waals surface area contributed by atoms with Crippen molar-refractivity contribution in [2.75, 3.05) is 5.32 Å². The number of nitrogens with two attached hydrogens (primary N) is 1. The normalized spacial score (nSPS) is 11.9. The van der Waals surface area contributed by atoms with Crippen LogP contribution >= 0.6 is 12.2 Å². The first-order chi connectivity index (χ1) is 9.08. The van der Waals surface area contributed by atoms with Crippen LogP contribution in [-0.4, -0.2) is 10.9 Å². The summed E-state index contributed by atoms with van der Waals surface area (Å²) in [5.41, 5.74) is 7.64. The molecule has 4 heteroatoms. The molecule has 0 aliphatic heterocycles. The number of rotatable bonds is 7. The van der Waals surface area contributed by atoms with E-state index in [1.54, 1.807) is 0 Å². The number of hydrogen-bond acceptors (Lipinski definition) is 2. The van der Waals surface area contributed by atoms with Crippen LogP contribution in [0.1, 0.15) is 38.7 Å². The van der Waals surface area contributed by atoms with Crippen molar-refractivity contribution in [3.05, 3.63) is 29.8 Å². The number of anilines is 1. The van der Waals surface area contributed by atoms with Crippen LogP contribution in [0, 0.1) is 5.92 Å². The van der Waals surface area contributed by atoms with Crippen molar-refractivity contribution in [3.63, 3.8) is 0 Å². The molecule has 1 amide bonds. The molecule has 1 atom stereocenters. The van der Waals surface area contributed by atoms with E-state index < -0.39 is 5.92 Å². The Morgan fingerprint density at radius 1 is 1.32 bits per heavy atom. The van der Waals surface area contributed by atoms with Crippen molar-refractivity contribution in [2.45, 2.75) is 39.5 Å². The highest BCUT2D eigenvalue weighted by Gasteiger charge is 2.19. The molecule has 0 aliphatic rings. The summed E-state index contributed by atoms with van der Waals surface area (Å²) in [5.74, 6) is -0.522. The molecule has 0 radical (unpaired) electrons. The molecule has 0 heterocycles. The van der Waals surface area contributed by atoms with Crippen LogP contribution in [0.5, 0.6) is 0 Å². The average molecular weight is 278 g/mol. The Bertz CT molecular complexity index is 428. The maximum Gasteiger partial charge on any atom is 0.234 e. The highest BCUT2D eigenvalue weighted by Crippen LogP contribution is 2.14. The van der Waals surface area contributed by atoms with Crippen molar-refractivity contribution in [1.29, 1.82) is 0 Å². The summed E-state index contributed by atoms with van der Waals surface area (Å²) in [4.78, 5) is 12.2. The minimum Gasteiger partial charge on any atom is -0.393 e. The zero-order valence-electron chi connectivity index (χ0n) is 11.6. The largest absolute Gasteiger partial charge is 0.393 e. The van der Waals surface area contributed by atoms with E-state index in [9.17, 15) is 4.79 Å². The van der Waals surface area contributed by atoms with Crippen LogP contribution in [-0.2, 0) is 11.2 Å². The van der Waals surface area contributed by atoms with E-state index in [0.29, 0.717) is 6.42 Å². The lowest BCUT2D eigenvalue weighted by molar-refractivity contribution is -0.118. The van der Waals surface area contributed by atoms with Crippen LogP contribution in [0.2, 0.25) is 0 Å². The minimum atomic E-state index is -0.394. The Morgan fingerprint density at radius 3 is 2.42 bits per heavy atom. The van der Waals surface area contributed by atoms with E-state index in [0.717, 1.165) is 12.1 Å². The van der Waals surface area contributed by atoms with Crippen LogP contribution < -0.4 is 11.1 Å². The number of amides is 1. The maximum absolute atomic E-state index is 12.0. The number of carbonyl (C=O) groups is 1. The molecule has 3 nitrogen and oxygen atoms in total. The third kappa shape index (κ3) is 4.99. The summed E-state index contributed by atoms with van der Waals surface area (Å²) in [6.07, 6.45) is 4.07. The molecular formula is C15H22N2OS. The van der Waals surface area contributed by atoms with Gasteiger partial charge in [0.25, 0.3) is 0 Å². The molecule has 0 bridgehead atoms. The van der Waals surface area contributed by atoms with E-state index in [1.807, 2.05) is 31.2 Å². The topological polar surface area (TPSA) is 55.1 Å². The molecule has 0 saturated heterocycles. The fraction of sp³-hybridized carbons (Fsp3) is 0.467. The van der Waals surface area contributed by atoms with Crippen molar-refractivity contribution in [1.82, 2.24) is 0 Å². The molecule has 0 fully saturated rings. The summed E-state index contributed by atoms with van der Waals surface area (Å²) >= 11 is 4.89. The first-order valence-electron chi connectivity index (χ1n) is 6.77. The standard InChI is InChI=1S/C15H22N2OS/c1-3-5-6-11-7-9-12(10-8-11)17-15(18)13(4-2)14(16)19/h7-10,13H,3-6H2,1-2H3,(H2,16,19)(H,17,18). The Hall–Kier alpha value is -1.42. The smallest absolute Gasteiger partial charge is 0.234 e. The van der Waals surface area contributed by atoms with Crippen molar-refractivity contribution in [2.24, 2.45) is 11.7 Å². The molecule has 0 aliphatic carbocycles. The van der Waals surface area contributed by atoms with Gasteiger partial charge in [-0.25, -0.2) is 0 Å². The number of unbranched alkanes of at least 4 members (excludes halogenated alkanes) is 1. The van der Waals surface area contributed by atoms with Crippen LogP contribution in [0.25, 0.3) is 0 Å². The van der Waals surface area contributed by atoms with Gasteiger partial charge < -0.3 is 11.1 Å². The second-order valence-electron chi connectivity index (χ2n) is 4.65. The molecule has 1 aromatic carbocycles. The van der Waals surface area contributed by atoms with Gasteiger partial charge in [0.05, 0.1) is 10.9 Å². The highest BCUT2D eigenvalue weighted by atomic mass is 32.1. The first kappa shape index (κ1) is 15.6. The van der Waals surface area contributed by atoms with Crippen molar-refractivity contribution in [3.8, 4) is 0 Å². The van der Waals surface area contributed by atoms with Crippen LogP contribution in [0.4, 0.5) is 5.69 Å². The minimum absolute atomic E-state index is 0.128. The number of nitrogens with one attached hydrogen (secondary N) is 1. The predicted molar refractivity (Wildman–Crippen MR) is 84.3 cm³/mol. The van der Waals surface area contributed by atoms with Gasteiger partial charge in [-0.15, -0.1) is 0 Å². The summed E-state index contributed by atoms with van der Waals surface area (Å²) in [6.45, 7) is 4.08. The van der Waals surface area contributed by atoms with Gasteiger partial charge >= 0.3 is 0 Å². The molecule has 3 N–H and O–H groups in total. The van der Waals surface area contributed by atoms with Gasteiger partial charge in [-0.05, 0) is 37.0 Å². The van der Waals surface area contributed by atoms with E-state index in [1.165, 1.54) is 18.4 Å². The Kier molecular flexibility index (Phi) is 6.50. The second-order valence-corrected chi connectivity index (χ2v) is 5.12. The van der Waals surface area contributed by atoms with E-state index in [2.05, 4.69) is 12.2 Å². The number of aryl methyl sites for hydroxylation is 1. The lowest BCUT2D eigenvalue weighted by atomic mass is 10.1. The fourth-order valence-corrected chi connectivity index (χ4v) is 2.15. The van der Waals surface area contributed by atoms with Crippen LogP contribution in [0.3, 0.4) is 0 Å². The predicted octanol–water partition coefficient (Wildman–Crippen LogP) is 3.28. The number of benzene rings is 1. The summed E-state index contributed by atoms with van der Waals surface area (Å²) < 4.78 is 0. The molecule has 1 aromatic rings. The lowest BCUT2D eigenvalue weighted by Gasteiger charge is -2.13. The zero-order chi connectivity index (χ0) is 14.3. The molecular weight excluding hydrogens is 256 g/mol. The molecule has 104 valence electrons. The average Bonchev–Trinajstić information content (AvgIpc) is 2.38. The summed E-state index contributed by atoms with van der Waals surface area (Å²) in [6, 6.07) is 7.95. The number of hydrogen-bond donors (Lipinski definition) is 2. The van der Waals surface area contributed by atoms with Gasteiger partial charge in [-0.1, -0.05) is 44.6 Å². The monoisotopic (exact) mass is 278 g/mol. The second kappa shape index (κ2) is 7.89. The summed E-state index contributed by atoms with van der Waals surface area (Å²) in [5, 5.41) is 2.85. The van der Waals surface area contributed by atoms with E-state index in [4.69, 9.17) is 18.0 Å². The third-order valence-corrected chi connectivity index (χ3v) is 3.39. The van der Waals surface area contributed by atoms with Gasteiger partial charge in [0, 0.05) is 5.69 Å². The highest BCUT2D eigenvalue weighted by molar-refractivity contribution is 7.80. The zero-order valence-corrected chi connectivity index (χ0v) is 12.4. The molecule has 19 heavy (non-hydrogen) atoms. The lowest BCUT2D eigenvalue weighted by Crippen LogP contribution is -2.32. The molecule has 0 aromatic heterocycles. The molecule has 0 spiro atoms. The fourth-order valence-electron chi connectivity index (χ4n) is 1.88. The van der Waals surface area contributed by atoms with Crippen LogP contribution in [0.15, 0.2) is 24.3 Å². The van der Waals surface area contributed by atoms with Gasteiger partial charge in [0.2, 0.25) is 5.91 Å². The van der Waals surface area contributed by atoms with Crippen molar-refractivity contribution >= 4 is 28.8 Å². The van der Waals surface area contributed by atoms with Gasteiger partial charge in [0.15, 0.2) is 0 Å². The molecule has 0 saturated carbocycles. The summed E-state index contributed by atoms with van der Waals surface area (Å²) in [7, 11) is 0. The van der Waals surface area contributed by atoms with E-state index >= 15 is 0 Å². The SMILES string of the molecule is CCCCc1ccc(NC(=O)C(CC)C(N)=S)cc1. The Labute approximate surface area is 120 Å². The Balaban J connectivity index is 2.62. The number of carbonyl (C=O) groups excluding carboxylic acids is 1.